The number of piperidine rings is 1. The second-order valence-corrected chi connectivity index (χ2v) is 8.81. The van der Waals surface area contributed by atoms with Crippen molar-refractivity contribution in [3.63, 3.8) is 0 Å². The number of para-hydroxylation sites is 1. The molecule has 2 aliphatic heterocycles. The maximum atomic E-state index is 12.9. The van der Waals surface area contributed by atoms with Gasteiger partial charge in [-0.25, -0.2) is 0 Å². The van der Waals surface area contributed by atoms with Crippen LogP contribution in [-0.2, 0) is 11.3 Å². The Morgan fingerprint density at radius 1 is 0.906 bits per heavy atom. The monoisotopic (exact) mass is 432 g/mol. The summed E-state index contributed by atoms with van der Waals surface area (Å²) in [7, 11) is 0. The van der Waals surface area contributed by atoms with Gasteiger partial charge in [-0.2, -0.15) is 0 Å². The van der Waals surface area contributed by atoms with Crippen LogP contribution in [0.25, 0.3) is 0 Å². The van der Waals surface area contributed by atoms with Crippen molar-refractivity contribution in [3.05, 3.63) is 71.9 Å². The van der Waals surface area contributed by atoms with Gasteiger partial charge in [0, 0.05) is 17.8 Å². The molecule has 2 amide bonds. The van der Waals surface area contributed by atoms with Gasteiger partial charge in [0.1, 0.15) is 29.7 Å². The van der Waals surface area contributed by atoms with E-state index < -0.39 is 6.04 Å². The van der Waals surface area contributed by atoms with Crippen molar-refractivity contribution >= 4 is 11.8 Å². The number of ether oxygens (including phenoxy) is 2. The van der Waals surface area contributed by atoms with Crippen molar-refractivity contribution < 1.29 is 19.1 Å². The molecule has 1 unspecified atom stereocenters. The van der Waals surface area contributed by atoms with Gasteiger partial charge in [0.2, 0.25) is 5.91 Å². The topological polar surface area (TPSA) is 67.9 Å². The van der Waals surface area contributed by atoms with Crippen LogP contribution in [0, 0.1) is 0 Å². The van der Waals surface area contributed by atoms with Gasteiger partial charge in [-0.05, 0) is 74.4 Å². The van der Waals surface area contributed by atoms with Gasteiger partial charge in [-0.1, -0.05) is 24.8 Å². The fourth-order valence-electron chi connectivity index (χ4n) is 4.89. The lowest BCUT2D eigenvalue weighted by Crippen LogP contribution is -2.49. The van der Waals surface area contributed by atoms with E-state index in [1.54, 1.807) is 4.90 Å². The number of benzene rings is 2. The Labute approximate surface area is 188 Å². The summed E-state index contributed by atoms with van der Waals surface area (Å²) in [6.45, 7) is 4.24. The average molecular weight is 433 g/mol. The first-order valence-electron chi connectivity index (χ1n) is 11.4. The third-order valence-electron chi connectivity index (χ3n) is 6.57. The maximum absolute atomic E-state index is 12.9. The van der Waals surface area contributed by atoms with Gasteiger partial charge >= 0.3 is 0 Å². The standard InChI is InChI=1S/C26H28N2O4/c1-17-11-14-22(25(29)27-17)28-16-18-15-20(12-13-21(18)26(28)30)32-24-10-6-5-9-23(24)31-19-7-3-2-4-8-19/h2-4,7-8,12-13,15,22-24H,1,5-6,9-11,14,16H2,(H,27,29)/t22?,23-,24-/m0/s1. The second kappa shape index (κ2) is 8.69. The Kier molecular flexibility index (Phi) is 5.60. The number of nitrogens with one attached hydrogen (secondary N) is 1. The number of carbonyl (C=O) groups is 2. The molecule has 6 nitrogen and oxygen atoms in total. The first-order valence-corrected chi connectivity index (χ1v) is 11.4. The van der Waals surface area contributed by atoms with Crippen LogP contribution in [-0.4, -0.2) is 35.0 Å². The molecular weight excluding hydrogens is 404 g/mol. The highest BCUT2D eigenvalue weighted by Crippen LogP contribution is 2.33. The van der Waals surface area contributed by atoms with Gasteiger partial charge < -0.3 is 19.7 Å². The van der Waals surface area contributed by atoms with Gasteiger partial charge in [0.25, 0.3) is 5.91 Å². The molecule has 2 aromatic rings. The molecule has 1 saturated heterocycles. The summed E-state index contributed by atoms with van der Waals surface area (Å²) in [5.74, 6) is 1.36. The number of hydrogen-bond acceptors (Lipinski definition) is 4. The van der Waals surface area contributed by atoms with Crippen LogP contribution < -0.4 is 14.8 Å². The van der Waals surface area contributed by atoms with Crippen LogP contribution in [0.5, 0.6) is 11.5 Å². The van der Waals surface area contributed by atoms with Crippen LogP contribution in [0.15, 0.2) is 60.8 Å². The highest BCUT2D eigenvalue weighted by atomic mass is 16.5. The van der Waals surface area contributed by atoms with E-state index in [0.29, 0.717) is 30.6 Å². The molecule has 5 rings (SSSR count). The normalized spacial score (nSPS) is 25.3. The predicted molar refractivity (Wildman–Crippen MR) is 120 cm³/mol. The van der Waals surface area contributed by atoms with Gasteiger partial charge in [0.05, 0.1) is 0 Å². The number of fused-ring (bicyclic) bond motifs is 1. The molecule has 2 aromatic carbocycles. The third-order valence-corrected chi connectivity index (χ3v) is 6.57. The lowest BCUT2D eigenvalue weighted by Gasteiger charge is -2.32. The molecule has 0 radical (unpaired) electrons. The molecule has 3 aliphatic rings. The van der Waals surface area contributed by atoms with Gasteiger partial charge in [-0.3, -0.25) is 9.59 Å². The number of rotatable bonds is 5. The summed E-state index contributed by atoms with van der Waals surface area (Å²) in [6, 6.07) is 15.0. The molecule has 166 valence electrons. The molecule has 2 fully saturated rings. The van der Waals surface area contributed by atoms with Crippen molar-refractivity contribution in [2.24, 2.45) is 0 Å². The average Bonchev–Trinajstić information content (AvgIpc) is 3.11. The summed E-state index contributed by atoms with van der Waals surface area (Å²) < 4.78 is 12.6. The molecule has 0 bridgehead atoms. The predicted octanol–water partition coefficient (Wildman–Crippen LogP) is 4.20. The lowest BCUT2D eigenvalue weighted by atomic mass is 9.94. The molecule has 1 aliphatic carbocycles. The zero-order valence-corrected chi connectivity index (χ0v) is 18.1. The fourth-order valence-corrected chi connectivity index (χ4v) is 4.89. The number of amides is 2. The summed E-state index contributed by atoms with van der Waals surface area (Å²) in [5, 5.41) is 2.78. The van der Waals surface area contributed by atoms with E-state index in [1.807, 2.05) is 48.5 Å². The molecule has 6 heteroatoms. The van der Waals surface area contributed by atoms with Crippen LogP contribution in [0.2, 0.25) is 0 Å². The molecule has 0 aromatic heterocycles. The largest absolute Gasteiger partial charge is 0.487 e. The van der Waals surface area contributed by atoms with E-state index in [1.165, 1.54) is 0 Å². The first kappa shape index (κ1) is 20.6. The first-order chi connectivity index (χ1) is 15.6. The van der Waals surface area contributed by atoms with Crippen molar-refractivity contribution in [1.82, 2.24) is 10.2 Å². The SMILES string of the molecule is C=C1CCC(N2Cc3cc(O[C@H]4CCCC[C@@H]4Oc4ccccc4)ccc3C2=O)C(=O)N1. The van der Waals surface area contributed by atoms with Gasteiger partial charge in [-0.15, -0.1) is 0 Å². The quantitative estimate of drug-likeness (QED) is 0.769. The molecular formula is C26H28N2O4. The molecule has 1 N–H and O–H groups in total. The summed E-state index contributed by atoms with van der Waals surface area (Å²) in [6.07, 6.45) is 5.38. The van der Waals surface area contributed by atoms with E-state index in [9.17, 15) is 9.59 Å². The summed E-state index contributed by atoms with van der Waals surface area (Å²) in [4.78, 5) is 27.0. The molecule has 0 spiro atoms. The van der Waals surface area contributed by atoms with Crippen molar-refractivity contribution in [2.45, 2.75) is 63.3 Å². The van der Waals surface area contributed by atoms with Crippen LogP contribution >= 0.6 is 0 Å². The van der Waals surface area contributed by atoms with E-state index in [0.717, 1.165) is 42.7 Å². The van der Waals surface area contributed by atoms with Crippen molar-refractivity contribution in [3.8, 4) is 11.5 Å². The number of nitrogens with zero attached hydrogens (tertiary/aromatic N) is 1. The van der Waals surface area contributed by atoms with Crippen LogP contribution in [0.3, 0.4) is 0 Å². The number of hydrogen-bond donors (Lipinski definition) is 1. The van der Waals surface area contributed by atoms with Crippen molar-refractivity contribution in [2.75, 3.05) is 0 Å². The zero-order valence-electron chi connectivity index (χ0n) is 18.1. The zero-order chi connectivity index (χ0) is 22.1. The third kappa shape index (κ3) is 4.09. The van der Waals surface area contributed by atoms with Crippen LogP contribution in [0.1, 0.15) is 54.4 Å². The van der Waals surface area contributed by atoms with E-state index in [-0.39, 0.29) is 24.0 Å². The van der Waals surface area contributed by atoms with E-state index >= 15 is 0 Å². The Morgan fingerprint density at radius 3 is 2.34 bits per heavy atom. The molecule has 32 heavy (non-hydrogen) atoms. The highest BCUT2D eigenvalue weighted by molar-refractivity contribution is 6.01. The highest BCUT2D eigenvalue weighted by Gasteiger charge is 2.38. The molecule has 3 atom stereocenters. The Hall–Kier alpha value is -3.28. The van der Waals surface area contributed by atoms with Crippen LogP contribution in [0.4, 0.5) is 0 Å². The number of carbonyl (C=O) groups excluding carboxylic acids is 2. The Bertz CT molecular complexity index is 1040. The minimum absolute atomic E-state index is 0.00318. The van der Waals surface area contributed by atoms with E-state index in [2.05, 4.69) is 11.9 Å². The maximum Gasteiger partial charge on any atom is 0.255 e. The van der Waals surface area contributed by atoms with E-state index in [4.69, 9.17) is 9.47 Å². The Morgan fingerprint density at radius 2 is 1.62 bits per heavy atom. The molecule has 1 saturated carbocycles. The lowest BCUT2D eigenvalue weighted by molar-refractivity contribution is -0.126. The minimum atomic E-state index is -0.452. The summed E-state index contributed by atoms with van der Waals surface area (Å²) >= 11 is 0. The van der Waals surface area contributed by atoms with Crippen molar-refractivity contribution in [1.29, 1.82) is 0 Å². The fraction of sp³-hybridized carbons (Fsp3) is 0.385. The Balaban J connectivity index is 1.29. The molecule has 2 heterocycles. The second-order valence-electron chi connectivity index (χ2n) is 8.81. The summed E-state index contributed by atoms with van der Waals surface area (Å²) in [5.41, 5.74) is 2.27. The minimum Gasteiger partial charge on any atom is -0.487 e. The number of allylic oxidation sites excluding steroid dienone is 1. The van der Waals surface area contributed by atoms with Gasteiger partial charge in [0.15, 0.2) is 0 Å². The smallest absolute Gasteiger partial charge is 0.255 e.